The van der Waals surface area contributed by atoms with Crippen LogP contribution in [-0.2, 0) is 4.74 Å². The number of carbonyl (C=O) groups is 1. The third-order valence-electron chi connectivity index (χ3n) is 4.63. The molecule has 0 unspecified atom stereocenters. The lowest BCUT2D eigenvalue weighted by atomic mass is 10.1. The average Bonchev–Trinajstić information content (AvgIpc) is 3.34. The summed E-state index contributed by atoms with van der Waals surface area (Å²) in [5, 5.41) is 8.05. The molecule has 9 heteroatoms. The number of fused-ring (bicyclic) bond motifs is 2. The number of nitrogens with two attached hydrogens (primary N) is 1. The molecule has 8 nitrogen and oxygen atoms in total. The van der Waals surface area contributed by atoms with Gasteiger partial charge in [-0.25, -0.2) is 9.97 Å². The summed E-state index contributed by atoms with van der Waals surface area (Å²) in [5.74, 6) is 0.963. The Morgan fingerprint density at radius 3 is 2.93 bits per heavy atom. The van der Waals surface area contributed by atoms with E-state index in [-0.39, 0.29) is 0 Å². The number of nitrogens with one attached hydrogen (secondary N) is 1. The number of amides is 1. The number of aromatic nitrogens is 4. The van der Waals surface area contributed by atoms with E-state index in [9.17, 15) is 4.79 Å². The number of ether oxygens (including phenoxy) is 1. The van der Waals surface area contributed by atoms with Gasteiger partial charge >= 0.3 is 0 Å². The van der Waals surface area contributed by atoms with Gasteiger partial charge in [-0.05, 0) is 12.1 Å². The molecule has 1 saturated heterocycles. The van der Waals surface area contributed by atoms with Crippen molar-refractivity contribution in [3.8, 4) is 11.4 Å². The van der Waals surface area contributed by atoms with Crippen LogP contribution >= 0.6 is 11.3 Å². The summed E-state index contributed by atoms with van der Waals surface area (Å²) < 4.78 is 6.34. The topological polar surface area (TPSA) is 110 Å². The second kappa shape index (κ2) is 6.29. The minimum atomic E-state index is -0.454. The van der Waals surface area contributed by atoms with Crippen LogP contribution in [0.1, 0.15) is 9.67 Å². The van der Waals surface area contributed by atoms with Gasteiger partial charge in [-0.15, -0.1) is 11.3 Å². The van der Waals surface area contributed by atoms with Crippen molar-refractivity contribution in [2.24, 2.45) is 5.73 Å². The highest BCUT2D eigenvalue weighted by Crippen LogP contribution is 2.35. The van der Waals surface area contributed by atoms with Gasteiger partial charge in [-0.2, -0.15) is 5.10 Å². The van der Waals surface area contributed by atoms with Crippen molar-refractivity contribution in [3.05, 3.63) is 35.3 Å². The first-order valence-electron chi connectivity index (χ1n) is 8.57. The van der Waals surface area contributed by atoms with Crippen LogP contribution in [0.4, 0.5) is 5.82 Å². The predicted octanol–water partition coefficient (Wildman–Crippen LogP) is 2.17. The third kappa shape index (κ3) is 2.71. The van der Waals surface area contributed by atoms with Gasteiger partial charge in [0.15, 0.2) is 11.6 Å². The number of hydrogen-bond acceptors (Lipinski definition) is 7. The number of anilines is 1. The summed E-state index contributed by atoms with van der Waals surface area (Å²) in [6, 6.07) is 7.62. The van der Waals surface area contributed by atoms with Crippen LogP contribution < -0.4 is 10.6 Å². The van der Waals surface area contributed by atoms with Crippen molar-refractivity contribution in [2.45, 2.75) is 0 Å². The molecule has 1 fully saturated rings. The summed E-state index contributed by atoms with van der Waals surface area (Å²) in [6.07, 6.45) is 1.77. The molecule has 4 aromatic rings. The molecule has 1 aliphatic rings. The number of aromatic amines is 1. The van der Waals surface area contributed by atoms with E-state index in [0.29, 0.717) is 23.9 Å². The fourth-order valence-electron chi connectivity index (χ4n) is 3.31. The smallest absolute Gasteiger partial charge is 0.258 e. The Hall–Kier alpha value is -3.04. The maximum atomic E-state index is 11.7. The van der Waals surface area contributed by atoms with Crippen molar-refractivity contribution in [1.82, 2.24) is 20.2 Å². The number of carbonyl (C=O) groups excluding carboxylic acids is 1. The standard InChI is InChI=1S/C18H16N6O2S/c19-16(25)14-8-13-15(27-14)18(24-4-6-26-7-5-24)22-17(21-13)10-2-1-3-12-11(10)9-20-23-12/h1-3,8-9H,4-7H2,(H2,19,25)(H,20,23). The third-order valence-corrected chi connectivity index (χ3v) is 5.77. The Kier molecular flexibility index (Phi) is 3.76. The van der Waals surface area contributed by atoms with Crippen LogP contribution in [0.5, 0.6) is 0 Å². The maximum Gasteiger partial charge on any atom is 0.258 e. The van der Waals surface area contributed by atoms with Crippen LogP contribution in [0.25, 0.3) is 32.5 Å². The molecule has 4 heterocycles. The van der Waals surface area contributed by atoms with E-state index in [1.54, 1.807) is 12.3 Å². The number of benzene rings is 1. The van der Waals surface area contributed by atoms with E-state index >= 15 is 0 Å². The van der Waals surface area contributed by atoms with Crippen molar-refractivity contribution in [2.75, 3.05) is 31.2 Å². The molecule has 1 aliphatic heterocycles. The summed E-state index contributed by atoms with van der Waals surface area (Å²) in [7, 11) is 0. The Morgan fingerprint density at radius 1 is 1.26 bits per heavy atom. The molecule has 0 spiro atoms. The Bertz CT molecular complexity index is 1160. The minimum Gasteiger partial charge on any atom is -0.378 e. The van der Waals surface area contributed by atoms with Gasteiger partial charge in [0.1, 0.15) is 0 Å². The molecule has 136 valence electrons. The highest BCUT2D eigenvalue weighted by Gasteiger charge is 2.21. The highest BCUT2D eigenvalue weighted by molar-refractivity contribution is 7.21. The summed E-state index contributed by atoms with van der Waals surface area (Å²) in [5.41, 5.74) is 8.03. The molecule has 0 bridgehead atoms. The molecule has 0 aliphatic carbocycles. The molecule has 27 heavy (non-hydrogen) atoms. The second-order valence-electron chi connectivity index (χ2n) is 6.30. The lowest BCUT2D eigenvalue weighted by Gasteiger charge is -2.28. The lowest BCUT2D eigenvalue weighted by molar-refractivity contribution is 0.100. The Morgan fingerprint density at radius 2 is 2.11 bits per heavy atom. The number of thiophene rings is 1. The van der Waals surface area contributed by atoms with Gasteiger partial charge < -0.3 is 15.4 Å². The Labute approximate surface area is 158 Å². The molecule has 1 amide bonds. The van der Waals surface area contributed by atoms with E-state index in [2.05, 4.69) is 15.1 Å². The van der Waals surface area contributed by atoms with E-state index in [0.717, 1.165) is 45.6 Å². The van der Waals surface area contributed by atoms with Crippen molar-refractivity contribution in [3.63, 3.8) is 0 Å². The lowest BCUT2D eigenvalue weighted by Crippen LogP contribution is -2.36. The van der Waals surface area contributed by atoms with Crippen molar-refractivity contribution < 1.29 is 9.53 Å². The summed E-state index contributed by atoms with van der Waals surface area (Å²) >= 11 is 1.33. The van der Waals surface area contributed by atoms with Gasteiger partial charge in [0.2, 0.25) is 0 Å². The summed E-state index contributed by atoms with van der Waals surface area (Å²) in [4.78, 5) is 23.9. The number of primary amides is 1. The molecule has 0 radical (unpaired) electrons. The van der Waals surface area contributed by atoms with Crippen LogP contribution in [0.2, 0.25) is 0 Å². The van der Waals surface area contributed by atoms with E-state index < -0.39 is 5.91 Å². The number of morpholine rings is 1. The Balaban J connectivity index is 1.75. The van der Waals surface area contributed by atoms with Crippen LogP contribution in [0.15, 0.2) is 30.5 Å². The van der Waals surface area contributed by atoms with E-state index in [1.165, 1.54) is 11.3 Å². The molecule has 3 N–H and O–H groups in total. The number of hydrogen-bond donors (Lipinski definition) is 2. The SMILES string of the molecule is NC(=O)c1cc2nc(-c3cccc4[nH]ncc34)nc(N3CCOCC3)c2s1. The van der Waals surface area contributed by atoms with Crippen molar-refractivity contribution >= 4 is 44.2 Å². The largest absolute Gasteiger partial charge is 0.378 e. The van der Waals surface area contributed by atoms with E-state index in [4.69, 9.17) is 20.4 Å². The number of rotatable bonds is 3. The highest BCUT2D eigenvalue weighted by atomic mass is 32.1. The first kappa shape index (κ1) is 16.2. The first-order chi connectivity index (χ1) is 13.2. The minimum absolute atomic E-state index is 0.454. The number of nitrogens with zero attached hydrogens (tertiary/aromatic N) is 4. The second-order valence-corrected chi connectivity index (χ2v) is 7.35. The molecule has 3 aromatic heterocycles. The zero-order valence-corrected chi connectivity index (χ0v) is 15.1. The molecule has 5 rings (SSSR count). The van der Waals surface area contributed by atoms with Gasteiger partial charge in [-0.3, -0.25) is 9.89 Å². The normalized spacial score (nSPS) is 14.9. The van der Waals surface area contributed by atoms with Crippen LogP contribution in [-0.4, -0.2) is 52.4 Å². The van der Waals surface area contributed by atoms with Gasteiger partial charge in [0.25, 0.3) is 5.91 Å². The predicted molar refractivity (Wildman–Crippen MR) is 104 cm³/mol. The monoisotopic (exact) mass is 380 g/mol. The zero-order valence-electron chi connectivity index (χ0n) is 14.3. The van der Waals surface area contributed by atoms with E-state index in [1.807, 2.05) is 18.2 Å². The molecular formula is C18H16N6O2S. The average molecular weight is 380 g/mol. The van der Waals surface area contributed by atoms with Gasteiger partial charge in [-0.1, -0.05) is 12.1 Å². The fourth-order valence-corrected chi connectivity index (χ4v) is 4.28. The number of H-pyrrole nitrogens is 1. The molecule has 0 saturated carbocycles. The van der Waals surface area contributed by atoms with Crippen molar-refractivity contribution in [1.29, 1.82) is 0 Å². The van der Waals surface area contributed by atoms with Gasteiger partial charge in [0, 0.05) is 24.0 Å². The molecule has 0 atom stereocenters. The van der Waals surface area contributed by atoms with Gasteiger partial charge in [0.05, 0.1) is 40.0 Å². The molecular weight excluding hydrogens is 364 g/mol. The van der Waals surface area contributed by atoms with Crippen LogP contribution in [0.3, 0.4) is 0 Å². The zero-order chi connectivity index (χ0) is 18.4. The first-order valence-corrected chi connectivity index (χ1v) is 9.39. The maximum absolute atomic E-state index is 11.7. The molecule has 1 aromatic carbocycles. The van der Waals surface area contributed by atoms with Crippen LogP contribution in [0, 0.1) is 0 Å². The quantitative estimate of drug-likeness (QED) is 0.564. The summed E-state index contributed by atoms with van der Waals surface area (Å²) in [6.45, 7) is 2.77. The fraction of sp³-hybridized carbons (Fsp3) is 0.222.